The molecular weight excluding hydrogens is 460 g/mol. The van der Waals surface area contributed by atoms with E-state index < -0.39 is 35.4 Å². The number of carbonyl (C=O) groups excluding carboxylic acids is 3. The molecule has 0 spiro atoms. The molecule has 0 aromatic heterocycles. The maximum absolute atomic E-state index is 13.3. The molecule has 0 aliphatic carbocycles. The lowest BCUT2D eigenvalue weighted by Gasteiger charge is -2.16. The Morgan fingerprint density at radius 1 is 0.839 bits per heavy atom. The number of carbonyl (C=O) groups is 3. The summed E-state index contributed by atoms with van der Waals surface area (Å²) in [5.74, 6) is -5.29. The van der Waals surface area contributed by atoms with E-state index >= 15 is 0 Å². The minimum absolute atomic E-state index is 0.0218. The van der Waals surface area contributed by atoms with Crippen LogP contribution < -0.4 is 0 Å². The number of benzene rings is 3. The van der Waals surface area contributed by atoms with Gasteiger partial charge in [0.2, 0.25) is 5.92 Å². The summed E-state index contributed by atoms with van der Waals surface area (Å²) in [6, 6.07) is 6.81. The number of ether oxygens (including phenoxy) is 2. The van der Waals surface area contributed by atoms with Gasteiger partial charge in [0.05, 0.1) is 19.8 Å². The first-order valence-electron chi connectivity index (χ1n) is 8.62. The van der Waals surface area contributed by atoms with Crippen LogP contribution in [0.2, 0.25) is 10.0 Å². The molecule has 3 rings (SSSR count). The summed E-state index contributed by atoms with van der Waals surface area (Å²) in [6.45, 7) is 0. The average molecular weight is 473 g/mol. The van der Waals surface area contributed by atoms with Gasteiger partial charge < -0.3 is 9.47 Å². The Bertz CT molecular complexity index is 1220. The van der Waals surface area contributed by atoms with Gasteiger partial charge in [0, 0.05) is 21.0 Å². The molecule has 162 valence electrons. The molecule has 31 heavy (non-hydrogen) atoms. The minimum atomic E-state index is -4.65. The zero-order chi connectivity index (χ0) is 23.1. The minimum Gasteiger partial charge on any atom is -0.468 e. The lowest BCUT2D eigenvalue weighted by molar-refractivity contribution is -0.156. The van der Waals surface area contributed by atoms with Crippen molar-refractivity contribution in [3.05, 3.63) is 57.6 Å². The van der Waals surface area contributed by atoms with E-state index in [1.165, 1.54) is 18.2 Å². The van der Waals surface area contributed by atoms with Crippen molar-refractivity contribution in [1.29, 1.82) is 0 Å². The fourth-order valence-electron chi connectivity index (χ4n) is 3.26. The zero-order valence-electron chi connectivity index (χ0n) is 16.0. The van der Waals surface area contributed by atoms with E-state index in [-0.39, 0.29) is 37.2 Å². The van der Waals surface area contributed by atoms with Gasteiger partial charge in [-0.3, -0.25) is 14.4 Å². The lowest BCUT2D eigenvalue weighted by Crippen LogP contribution is -2.34. The maximum Gasteiger partial charge on any atom is 0.416 e. The largest absolute Gasteiger partial charge is 0.468 e. The van der Waals surface area contributed by atoms with Crippen LogP contribution in [0.15, 0.2) is 36.4 Å². The second kappa shape index (κ2) is 8.36. The van der Waals surface area contributed by atoms with Crippen LogP contribution in [0.1, 0.15) is 15.9 Å². The van der Waals surface area contributed by atoms with Crippen LogP contribution >= 0.6 is 23.2 Å². The first-order valence-corrected chi connectivity index (χ1v) is 9.37. The highest BCUT2D eigenvalue weighted by Crippen LogP contribution is 2.39. The third kappa shape index (κ3) is 4.18. The number of fused-ring (bicyclic) bond motifs is 3. The molecule has 5 nitrogen and oxygen atoms in total. The standard InChI is InChI=1S/C21H13Cl2F3O5/c1-30-19(28)17(20(29)31-2)18(27)15-8-14-13(6-10(22)7-16(14)23)12-5-9(21(24,25)26)3-4-11(12)15/h3-8,17H,1-2H3. The van der Waals surface area contributed by atoms with E-state index in [4.69, 9.17) is 23.2 Å². The summed E-state index contributed by atoms with van der Waals surface area (Å²) in [4.78, 5) is 37.3. The van der Waals surface area contributed by atoms with Gasteiger partial charge in [-0.05, 0) is 46.5 Å². The van der Waals surface area contributed by atoms with Crippen molar-refractivity contribution in [2.24, 2.45) is 5.92 Å². The highest BCUT2D eigenvalue weighted by atomic mass is 35.5. The molecule has 0 unspecified atom stereocenters. The van der Waals surface area contributed by atoms with E-state index in [1.807, 2.05) is 0 Å². The Kier molecular flexibility index (Phi) is 6.16. The van der Waals surface area contributed by atoms with Crippen molar-refractivity contribution in [3.63, 3.8) is 0 Å². The Balaban J connectivity index is 2.41. The smallest absolute Gasteiger partial charge is 0.416 e. The third-order valence-corrected chi connectivity index (χ3v) is 5.24. The fourth-order valence-corrected chi connectivity index (χ4v) is 3.81. The molecular formula is C21H13Cl2F3O5. The van der Waals surface area contributed by atoms with Gasteiger partial charge in [0.15, 0.2) is 5.78 Å². The van der Waals surface area contributed by atoms with Crippen molar-refractivity contribution in [3.8, 4) is 0 Å². The quantitative estimate of drug-likeness (QED) is 0.218. The molecule has 3 aromatic carbocycles. The lowest BCUT2D eigenvalue weighted by atomic mass is 9.89. The Labute approximate surface area is 183 Å². The molecule has 0 atom stereocenters. The number of alkyl halides is 3. The van der Waals surface area contributed by atoms with Crippen molar-refractivity contribution in [2.45, 2.75) is 6.18 Å². The maximum atomic E-state index is 13.3. The van der Waals surface area contributed by atoms with Gasteiger partial charge >= 0.3 is 18.1 Å². The van der Waals surface area contributed by atoms with Gasteiger partial charge in [-0.2, -0.15) is 13.2 Å². The van der Waals surface area contributed by atoms with Gasteiger partial charge in [-0.1, -0.05) is 29.3 Å². The van der Waals surface area contributed by atoms with E-state index in [0.29, 0.717) is 0 Å². The van der Waals surface area contributed by atoms with Gasteiger partial charge in [0.25, 0.3) is 0 Å². The van der Waals surface area contributed by atoms with E-state index in [9.17, 15) is 27.6 Å². The number of hydrogen-bond acceptors (Lipinski definition) is 5. The molecule has 0 bridgehead atoms. The highest BCUT2D eigenvalue weighted by molar-refractivity contribution is 6.40. The predicted molar refractivity (Wildman–Crippen MR) is 108 cm³/mol. The van der Waals surface area contributed by atoms with Crippen molar-refractivity contribution >= 4 is 62.5 Å². The number of rotatable bonds is 4. The zero-order valence-corrected chi connectivity index (χ0v) is 17.5. The summed E-state index contributed by atoms with van der Waals surface area (Å²) in [6.07, 6.45) is -4.65. The van der Waals surface area contributed by atoms with Crippen LogP contribution in [0.25, 0.3) is 21.5 Å². The molecule has 0 radical (unpaired) electrons. The van der Waals surface area contributed by atoms with Crippen LogP contribution in [0.5, 0.6) is 0 Å². The monoisotopic (exact) mass is 472 g/mol. The van der Waals surface area contributed by atoms with Crippen molar-refractivity contribution in [1.82, 2.24) is 0 Å². The van der Waals surface area contributed by atoms with E-state index in [1.54, 1.807) is 0 Å². The van der Waals surface area contributed by atoms with E-state index in [2.05, 4.69) is 9.47 Å². The molecule has 0 fully saturated rings. The highest BCUT2D eigenvalue weighted by Gasteiger charge is 2.38. The number of ketones is 1. The SMILES string of the molecule is COC(=O)C(C(=O)OC)C(=O)c1cc2c(Cl)cc(Cl)cc2c2cc(C(F)(F)F)ccc12. The summed E-state index contributed by atoms with van der Waals surface area (Å²) < 4.78 is 49.0. The van der Waals surface area contributed by atoms with Crippen molar-refractivity contribution in [2.75, 3.05) is 14.2 Å². The topological polar surface area (TPSA) is 69.7 Å². The van der Waals surface area contributed by atoms with Crippen LogP contribution in [0, 0.1) is 5.92 Å². The molecule has 0 heterocycles. The first kappa shape index (κ1) is 22.8. The average Bonchev–Trinajstić information content (AvgIpc) is 2.71. The third-order valence-electron chi connectivity index (χ3n) is 4.71. The Morgan fingerprint density at radius 2 is 1.42 bits per heavy atom. The van der Waals surface area contributed by atoms with Gasteiger partial charge in [-0.15, -0.1) is 0 Å². The van der Waals surface area contributed by atoms with Gasteiger partial charge in [-0.25, -0.2) is 0 Å². The summed E-state index contributed by atoms with van der Waals surface area (Å²) in [7, 11) is 1.97. The summed E-state index contributed by atoms with van der Waals surface area (Å²) >= 11 is 12.3. The number of halogens is 5. The molecule has 0 aliphatic heterocycles. The summed E-state index contributed by atoms with van der Waals surface area (Å²) in [5, 5.41) is 0.827. The molecule has 0 N–H and O–H groups in total. The fraction of sp³-hybridized carbons (Fsp3) is 0.190. The van der Waals surface area contributed by atoms with Crippen LogP contribution in [0.3, 0.4) is 0 Å². The van der Waals surface area contributed by atoms with Crippen LogP contribution in [0.4, 0.5) is 13.2 Å². The Hall–Kier alpha value is -2.84. The molecule has 3 aromatic rings. The van der Waals surface area contributed by atoms with Crippen LogP contribution in [-0.4, -0.2) is 31.9 Å². The number of Topliss-reactive ketones (excluding diaryl/α,β-unsaturated/α-hetero) is 1. The van der Waals surface area contributed by atoms with Gasteiger partial charge in [0.1, 0.15) is 0 Å². The molecule has 10 heteroatoms. The van der Waals surface area contributed by atoms with Crippen molar-refractivity contribution < 1.29 is 37.0 Å². The van der Waals surface area contributed by atoms with E-state index in [0.717, 1.165) is 32.4 Å². The normalized spacial score (nSPS) is 11.7. The summed E-state index contributed by atoms with van der Waals surface area (Å²) in [5.41, 5.74) is -1.15. The number of methoxy groups -OCH3 is 2. The molecule has 0 saturated heterocycles. The number of esters is 2. The molecule has 0 saturated carbocycles. The predicted octanol–water partition coefficient (Wildman–Crippen LogP) is 5.46. The second-order valence-corrected chi connectivity index (χ2v) is 7.35. The Morgan fingerprint density at radius 3 is 1.97 bits per heavy atom. The van der Waals surface area contributed by atoms with Crippen LogP contribution in [-0.2, 0) is 25.2 Å². The molecule has 0 aliphatic rings. The number of hydrogen-bond donors (Lipinski definition) is 0. The second-order valence-electron chi connectivity index (χ2n) is 6.51. The first-order chi connectivity index (χ1) is 14.5. The molecule has 0 amide bonds.